The maximum absolute atomic E-state index is 5.52. The summed E-state index contributed by atoms with van der Waals surface area (Å²) in [4.78, 5) is 11.1. The van der Waals surface area contributed by atoms with E-state index in [1.165, 1.54) is 0 Å². The first-order valence-electron chi connectivity index (χ1n) is 5.92. The number of anilines is 2. The maximum atomic E-state index is 5.52. The average molecular weight is 236 g/mol. The van der Waals surface area contributed by atoms with Gasteiger partial charge in [0.2, 0.25) is 5.95 Å². The van der Waals surface area contributed by atoms with E-state index in [1.54, 1.807) is 0 Å². The van der Waals surface area contributed by atoms with Crippen molar-refractivity contribution in [3.63, 3.8) is 0 Å². The number of aryl methyl sites for hydroxylation is 1. The number of aromatic nitrogens is 2. The Bertz CT molecular complexity index is 405. The fourth-order valence-electron chi connectivity index (χ4n) is 2.09. The van der Waals surface area contributed by atoms with Crippen LogP contribution in [0.4, 0.5) is 11.8 Å². The largest absolute Gasteiger partial charge is 0.377 e. The number of hydrogen-bond donors (Lipinski definition) is 1. The predicted octanol–water partition coefficient (Wildman–Crippen LogP) is 1.44. The van der Waals surface area contributed by atoms with E-state index in [4.69, 9.17) is 4.74 Å². The Morgan fingerprint density at radius 1 is 1.41 bits per heavy atom. The van der Waals surface area contributed by atoms with E-state index in [9.17, 15) is 0 Å². The maximum Gasteiger partial charge on any atom is 0.224 e. The number of ether oxygens (including phenoxy) is 1. The molecule has 94 valence electrons. The van der Waals surface area contributed by atoms with Crippen molar-refractivity contribution in [1.29, 1.82) is 0 Å². The Labute approximate surface area is 102 Å². The highest BCUT2D eigenvalue weighted by Gasteiger charge is 2.31. The van der Waals surface area contributed by atoms with Gasteiger partial charge in [-0.1, -0.05) is 0 Å². The summed E-state index contributed by atoms with van der Waals surface area (Å²) in [5, 5.41) is 2.99. The first-order chi connectivity index (χ1) is 8.03. The average Bonchev–Trinajstić information content (AvgIpc) is 2.27. The van der Waals surface area contributed by atoms with Crippen molar-refractivity contribution in [3.05, 3.63) is 11.8 Å². The second kappa shape index (κ2) is 4.49. The minimum atomic E-state index is -0.0238. The molecule has 1 aliphatic heterocycles. The van der Waals surface area contributed by atoms with Crippen molar-refractivity contribution in [3.8, 4) is 0 Å². The summed E-state index contributed by atoms with van der Waals surface area (Å²) < 4.78 is 5.52. The van der Waals surface area contributed by atoms with Crippen LogP contribution in [0, 0.1) is 6.92 Å². The molecule has 0 spiro atoms. The molecule has 0 radical (unpaired) electrons. The van der Waals surface area contributed by atoms with Crippen LogP contribution in [0.3, 0.4) is 0 Å². The quantitative estimate of drug-likeness (QED) is 0.842. The van der Waals surface area contributed by atoms with E-state index >= 15 is 0 Å². The van der Waals surface area contributed by atoms with Crippen LogP contribution >= 0.6 is 0 Å². The van der Waals surface area contributed by atoms with Crippen LogP contribution in [0.1, 0.15) is 19.5 Å². The molecule has 2 rings (SSSR count). The summed E-state index contributed by atoms with van der Waals surface area (Å²) in [7, 11) is 1.84. The van der Waals surface area contributed by atoms with E-state index in [0.717, 1.165) is 31.3 Å². The molecule has 0 aromatic carbocycles. The molecule has 1 aliphatic rings. The molecule has 5 heteroatoms. The van der Waals surface area contributed by atoms with Crippen molar-refractivity contribution in [1.82, 2.24) is 9.97 Å². The highest BCUT2D eigenvalue weighted by Crippen LogP contribution is 2.26. The topological polar surface area (TPSA) is 50.3 Å². The molecule has 0 amide bonds. The van der Waals surface area contributed by atoms with Crippen LogP contribution in [-0.4, -0.2) is 42.3 Å². The molecule has 5 nitrogen and oxygen atoms in total. The number of hydrogen-bond acceptors (Lipinski definition) is 5. The lowest BCUT2D eigenvalue weighted by atomic mass is 10.0. The zero-order valence-corrected chi connectivity index (χ0v) is 10.9. The second-order valence-electron chi connectivity index (χ2n) is 4.96. The van der Waals surface area contributed by atoms with Crippen LogP contribution in [-0.2, 0) is 4.74 Å². The first-order valence-corrected chi connectivity index (χ1v) is 5.92. The fraction of sp³-hybridized carbons (Fsp3) is 0.667. The normalized spacial score (nSPS) is 19.2. The number of rotatable bonds is 2. The van der Waals surface area contributed by atoms with Gasteiger partial charge in [-0.15, -0.1) is 0 Å². The SMILES string of the molecule is CNc1nc(C)cc(N2CCOCC2(C)C)n1. The van der Waals surface area contributed by atoms with Crippen LogP contribution in [0.5, 0.6) is 0 Å². The van der Waals surface area contributed by atoms with Crippen molar-refractivity contribution < 1.29 is 4.74 Å². The molecule has 0 unspecified atom stereocenters. The lowest BCUT2D eigenvalue weighted by molar-refractivity contribution is 0.0639. The van der Waals surface area contributed by atoms with Gasteiger partial charge < -0.3 is 15.0 Å². The molecule has 1 aromatic heterocycles. The van der Waals surface area contributed by atoms with Crippen LogP contribution < -0.4 is 10.2 Å². The van der Waals surface area contributed by atoms with E-state index in [-0.39, 0.29) is 5.54 Å². The molecular weight excluding hydrogens is 216 g/mol. The minimum Gasteiger partial charge on any atom is -0.377 e. The molecule has 0 saturated carbocycles. The number of nitrogens with one attached hydrogen (secondary N) is 1. The molecule has 2 heterocycles. The molecule has 1 saturated heterocycles. The highest BCUT2D eigenvalue weighted by atomic mass is 16.5. The third-order valence-electron chi connectivity index (χ3n) is 2.99. The minimum absolute atomic E-state index is 0.0238. The Hall–Kier alpha value is -1.36. The molecule has 0 bridgehead atoms. The van der Waals surface area contributed by atoms with Gasteiger partial charge in [0.15, 0.2) is 0 Å². The van der Waals surface area contributed by atoms with Gasteiger partial charge in [-0.05, 0) is 20.8 Å². The molecule has 17 heavy (non-hydrogen) atoms. The monoisotopic (exact) mass is 236 g/mol. The van der Waals surface area contributed by atoms with Gasteiger partial charge in [0.25, 0.3) is 0 Å². The molecule has 1 N–H and O–H groups in total. The van der Waals surface area contributed by atoms with Crippen molar-refractivity contribution in [2.75, 3.05) is 37.0 Å². The van der Waals surface area contributed by atoms with E-state index in [2.05, 4.69) is 34.0 Å². The van der Waals surface area contributed by atoms with Gasteiger partial charge in [-0.2, -0.15) is 4.98 Å². The molecule has 0 atom stereocenters. The van der Waals surface area contributed by atoms with Gasteiger partial charge in [0, 0.05) is 25.4 Å². The summed E-state index contributed by atoms with van der Waals surface area (Å²) >= 11 is 0. The zero-order chi connectivity index (χ0) is 12.5. The summed E-state index contributed by atoms with van der Waals surface area (Å²) in [5.41, 5.74) is 0.950. The Morgan fingerprint density at radius 3 is 2.82 bits per heavy atom. The van der Waals surface area contributed by atoms with Crippen molar-refractivity contribution in [2.24, 2.45) is 0 Å². The number of nitrogens with zero attached hydrogens (tertiary/aromatic N) is 3. The zero-order valence-electron chi connectivity index (χ0n) is 10.9. The highest BCUT2D eigenvalue weighted by molar-refractivity contribution is 5.47. The smallest absolute Gasteiger partial charge is 0.224 e. The standard InChI is InChI=1S/C12H20N4O/c1-9-7-10(15-11(13-4)14-9)16-5-6-17-8-12(16,2)3/h7H,5-6,8H2,1-4H3,(H,13,14,15). The first kappa shape index (κ1) is 12.1. The van der Waals surface area contributed by atoms with Gasteiger partial charge in [-0.3, -0.25) is 0 Å². The van der Waals surface area contributed by atoms with Gasteiger partial charge in [0.05, 0.1) is 18.8 Å². The van der Waals surface area contributed by atoms with Crippen LogP contribution in [0.2, 0.25) is 0 Å². The Balaban J connectivity index is 2.35. The van der Waals surface area contributed by atoms with E-state index in [1.807, 2.05) is 20.0 Å². The number of morpholine rings is 1. The lowest BCUT2D eigenvalue weighted by Gasteiger charge is -2.43. The molecule has 0 aliphatic carbocycles. The Kier molecular flexibility index (Phi) is 3.19. The summed E-state index contributed by atoms with van der Waals surface area (Å²) in [5.74, 6) is 1.64. The molecule has 1 fully saturated rings. The Morgan fingerprint density at radius 2 is 2.18 bits per heavy atom. The molecular formula is C12H20N4O. The van der Waals surface area contributed by atoms with E-state index < -0.39 is 0 Å². The fourth-order valence-corrected chi connectivity index (χ4v) is 2.09. The van der Waals surface area contributed by atoms with Crippen molar-refractivity contribution in [2.45, 2.75) is 26.3 Å². The second-order valence-corrected chi connectivity index (χ2v) is 4.96. The third kappa shape index (κ3) is 2.49. The van der Waals surface area contributed by atoms with E-state index in [0.29, 0.717) is 5.95 Å². The van der Waals surface area contributed by atoms with Crippen molar-refractivity contribution >= 4 is 11.8 Å². The lowest BCUT2D eigenvalue weighted by Crippen LogP contribution is -2.53. The van der Waals surface area contributed by atoms with Gasteiger partial charge in [0.1, 0.15) is 5.82 Å². The third-order valence-corrected chi connectivity index (χ3v) is 2.99. The van der Waals surface area contributed by atoms with Gasteiger partial charge in [-0.25, -0.2) is 4.98 Å². The van der Waals surface area contributed by atoms with Crippen LogP contribution in [0.15, 0.2) is 6.07 Å². The molecule has 1 aromatic rings. The summed E-state index contributed by atoms with van der Waals surface area (Å²) in [6.45, 7) is 8.67. The van der Waals surface area contributed by atoms with Gasteiger partial charge >= 0.3 is 0 Å². The summed E-state index contributed by atoms with van der Waals surface area (Å²) in [6, 6.07) is 2.02. The predicted molar refractivity (Wildman–Crippen MR) is 68.6 cm³/mol. The summed E-state index contributed by atoms with van der Waals surface area (Å²) in [6.07, 6.45) is 0. The van der Waals surface area contributed by atoms with Crippen LogP contribution in [0.25, 0.3) is 0 Å².